The zero-order chi connectivity index (χ0) is 87.2. The topological polar surface area (TPSA) is 58.0 Å². The molecule has 0 aliphatic heterocycles. The summed E-state index contributed by atoms with van der Waals surface area (Å²) >= 11 is 0. The van der Waals surface area contributed by atoms with Crippen molar-refractivity contribution in [2.45, 2.75) is 41.5 Å². The first-order valence-corrected chi connectivity index (χ1v) is 47.8. The summed E-state index contributed by atoms with van der Waals surface area (Å²) in [5, 5.41) is 18.7. The van der Waals surface area contributed by atoms with Gasteiger partial charge in [-0.3, -0.25) is 19.9 Å². The van der Waals surface area contributed by atoms with Crippen LogP contribution in [-0.4, -0.2) is 59.6 Å². The van der Waals surface area contributed by atoms with Crippen molar-refractivity contribution in [1.29, 1.82) is 0 Å². The van der Waals surface area contributed by atoms with Gasteiger partial charge in [0.1, 0.15) is 25.1 Å². The minimum absolute atomic E-state index is 0. The van der Waals surface area contributed by atoms with Crippen molar-refractivity contribution < 1.29 is 68.7 Å². The molecule has 0 spiro atoms. The number of hydrogen-bond acceptors (Lipinski definition) is 6. The summed E-state index contributed by atoms with van der Waals surface area (Å²) in [6, 6.07) is 150. The molecule has 18 rings (SSSR count). The van der Waals surface area contributed by atoms with Crippen LogP contribution in [0.3, 0.4) is 0 Å². The number of halogens is 8. The molecule has 0 amide bonds. The van der Waals surface area contributed by atoms with E-state index in [0.29, 0.717) is 0 Å². The van der Waals surface area contributed by atoms with Gasteiger partial charge in [-0.05, 0) is 175 Å². The molecular weight excluding hydrogens is 1760 g/mol. The number of benzene rings is 14. The average molecular weight is 1860 g/mol. The van der Waals surface area contributed by atoms with E-state index in [1.165, 1.54) is 75.7 Å². The average Bonchev–Trinajstić information content (AvgIpc) is 0.775. The maximum atomic E-state index is 9.75. The quantitative estimate of drug-likeness (QED) is 0.0369. The third-order valence-electron chi connectivity index (χ3n) is 20.4. The minimum Gasteiger partial charge on any atom is -0.418 e. The predicted molar refractivity (Wildman–Crippen MR) is 526 cm³/mol. The third-order valence-corrected chi connectivity index (χ3v) is 31.4. The zero-order valence-corrected chi connectivity index (χ0v) is 76.4. The summed E-state index contributed by atoms with van der Waals surface area (Å²) in [6.45, 7) is 12.2. The van der Waals surface area contributed by atoms with Crippen molar-refractivity contribution in [3.05, 3.63) is 446 Å². The van der Waals surface area contributed by atoms with Gasteiger partial charge in [-0.25, -0.2) is 0 Å². The molecule has 0 unspecified atom stereocenters. The van der Waals surface area contributed by atoms with Gasteiger partial charge < -0.3 is 44.3 Å². The van der Waals surface area contributed by atoms with Gasteiger partial charge in [-0.2, -0.15) is 0 Å². The van der Waals surface area contributed by atoms with Crippen LogP contribution in [0.15, 0.2) is 413 Å². The van der Waals surface area contributed by atoms with Crippen LogP contribution in [0.25, 0.3) is 54.4 Å². The molecule has 644 valence electrons. The summed E-state index contributed by atoms with van der Waals surface area (Å²) in [4.78, 5) is 23.9. The Morgan fingerprint density at radius 2 is 0.365 bits per heavy atom. The fourth-order valence-electron chi connectivity index (χ4n) is 14.6. The smallest absolute Gasteiger partial charge is 0.418 e. The van der Waals surface area contributed by atoms with Crippen molar-refractivity contribution in [2.24, 2.45) is 0 Å². The van der Waals surface area contributed by atoms with E-state index in [-0.39, 0.29) is 34.1 Å². The van der Waals surface area contributed by atoms with Crippen molar-refractivity contribution in [1.82, 2.24) is 19.9 Å². The normalized spacial score (nSPS) is 10.9. The number of aryl methyl sites for hydroxylation is 6. The molecule has 18 aromatic rings. The molecule has 126 heavy (non-hydrogen) atoms. The Morgan fingerprint density at radius 1 is 0.206 bits per heavy atom. The van der Waals surface area contributed by atoms with Gasteiger partial charge in [-0.15, -0.1) is 0 Å². The molecule has 4 heterocycles. The van der Waals surface area contributed by atoms with E-state index >= 15 is 0 Å². The van der Waals surface area contributed by atoms with E-state index in [4.69, 9.17) is 0 Å². The largest absolute Gasteiger partial charge is 1.00 e. The van der Waals surface area contributed by atoms with Crippen molar-refractivity contribution in [2.75, 3.05) is 34.9 Å². The fraction of sp³-hybridized carbons (Fsp3) is 0.0962. The summed E-state index contributed by atoms with van der Waals surface area (Å²) < 4.78 is 78.0. The Balaban J connectivity index is 0.000000226. The monoisotopic (exact) mass is 1850 g/mol. The number of hydrogen-bond donors (Lipinski definition) is 0. The number of pyridine rings is 4. The van der Waals surface area contributed by atoms with Crippen molar-refractivity contribution in [3.63, 3.8) is 0 Å². The number of nitrogens with zero attached hydrogens (tertiary/aromatic N) is 6. The predicted octanol–water partition coefficient (Wildman–Crippen LogP) is 25.1. The zero-order valence-electron chi connectivity index (χ0n) is 70.6. The molecule has 0 fully saturated rings. The summed E-state index contributed by atoms with van der Waals surface area (Å²) in [7, 11) is -17.0. The third kappa shape index (κ3) is 29.5. The first-order chi connectivity index (χ1) is 60.0. The van der Waals surface area contributed by atoms with Gasteiger partial charge in [-0.1, -0.05) is 290 Å². The Kier molecular flexibility index (Phi) is 37.4. The van der Waals surface area contributed by atoms with Crippen LogP contribution in [0.1, 0.15) is 33.9 Å². The van der Waals surface area contributed by atoms with Crippen LogP contribution >= 0.6 is 31.7 Å². The molecule has 6 nitrogen and oxygen atoms in total. The maximum absolute atomic E-state index is 9.75. The number of aromatic nitrogens is 4. The molecule has 0 saturated heterocycles. The van der Waals surface area contributed by atoms with Crippen molar-refractivity contribution >= 4 is 154 Å². The van der Waals surface area contributed by atoms with Crippen LogP contribution in [0.5, 0.6) is 0 Å². The second-order valence-electron chi connectivity index (χ2n) is 29.7. The van der Waals surface area contributed by atoms with Gasteiger partial charge in [0, 0.05) is 55.1 Å². The van der Waals surface area contributed by atoms with Gasteiger partial charge in [0.2, 0.25) is 0 Å². The Hall–Kier alpha value is -11.1. The van der Waals surface area contributed by atoms with E-state index in [1.54, 1.807) is 0 Å². The minimum atomic E-state index is -6.00. The van der Waals surface area contributed by atoms with E-state index in [1.807, 2.05) is 88.4 Å². The van der Waals surface area contributed by atoms with Crippen LogP contribution < -0.4 is 52.2 Å². The molecule has 14 aromatic carbocycles. The molecule has 4 aromatic heterocycles. The molecular formula is C104H98B2Cu2F8N6P4+4. The van der Waals surface area contributed by atoms with E-state index in [0.717, 1.165) is 91.5 Å². The standard InChI is InChI=1S/C62H54N2P4.2C14H12N2.2C7H8.2BF4.2Cu/c1-9-27-51(28-10-1)65(52-29-11-2-12-30-52)47-63(48-66(53-31-13-3-14-32-53)54-33-15-4-16-34-54)61-45-25-44-60-59(61)43-26-46-62(60)64(49-67(55-35-17-5-18-36-55)56-37-19-6-20-38-56)50-68(57-39-21-7-22-40-57)58-41-23-8-24-42-58;2*1-9-3-5-11-7-8-12-6-4-10(2)16-14(12)13(11)15-9;2*1-7-5-3-2-4-6-7;2*2-1(3,4)5;;/h1-46H,47-50H2;2*3-8H,1-2H3;2*2-6H,1H3;;;;/q;;;;;2*-1;2*+1/p+4. The Bertz CT molecular complexity index is 5470. The van der Waals surface area contributed by atoms with E-state index in [9.17, 15) is 34.5 Å². The molecule has 0 saturated carbocycles. The van der Waals surface area contributed by atoms with Crippen LogP contribution in [0.2, 0.25) is 0 Å². The van der Waals surface area contributed by atoms with Crippen LogP contribution in [-0.2, 0) is 34.1 Å². The van der Waals surface area contributed by atoms with E-state index < -0.39 is 46.2 Å². The summed E-state index contributed by atoms with van der Waals surface area (Å²) in [6.07, 6.45) is 3.74. The fourth-order valence-corrected chi connectivity index (χ4v) is 25.2. The Labute approximate surface area is 760 Å². The molecule has 0 aliphatic rings. The van der Waals surface area contributed by atoms with Gasteiger partial charge in [0.15, 0.2) is 0 Å². The van der Waals surface area contributed by atoms with Gasteiger partial charge in [0.25, 0.3) is 0 Å². The van der Waals surface area contributed by atoms with Crippen LogP contribution in [0.4, 0.5) is 45.9 Å². The summed E-state index contributed by atoms with van der Waals surface area (Å²) in [5.41, 5.74) is 13.4. The number of fused-ring (bicyclic) bond motifs is 7. The first kappa shape index (κ1) is 97.1. The van der Waals surface area contributed by atoms with Gasteiger partial charge in [0.05, 0.1) is 108 Å². The maximum Gasteiger partial charge on any atom is 1.00 e. The molecule has 0 aliphatic carbocycles. The van der Waals surface area contributed by atoms with Gasteiger partial charge >= 0.3 is 48.6 Å². The number of anilines is 2. The SMILES string of the molecule is Cc1ccc2ccc3ccc(C)nc3c2n1.Cc1ccc2ccc3ccc(C)nc3c2n1.Cc1ccccc1.Cc1ccccc1.F[B-](F)(F)F.F[B-](F)(F)F.[Cu+].[Cu+].c1ccc([PH+](CN(C[PH+](c2ccccc2)c2ccccc2)c2cccc3c(N(C[PH+](c4ccccc4)c4ccccc4)C[PH+](c4ccccc4)c4ccccc4)cccc23)c2ccccc2)cc1. The molecule has 22 heteroatoms. The number of rotatable bonds is 18. The second kappa shape index (κ2) is 48.6. The second-order valence-corrected chi connectivity index (χ2v) is 39.4. The van der Waals surface area contributed by atoms with Crippen molar-refractivity contribution in [3.8, 4) is 0 Å². The first-order valence-electron chi connectivity index (χ1n) is 41.0. The molecule has 0 bridgehead atoms. The van der Waals surface area contributed by atoms with Crippen LogP contribution in [0, 0.1) is 41.5 Å². The molecule has 0 radical (unpaired) electrons. The Morgan fingerprint density at radius 3 is 0.524 bits per heavy atom. The molecule has 0 atom stereocenters. The van der Waals surface area contributed by atoms with E-state index in [2.05, 4.69) is 395 Å². The molecule has 0 N–H and O–H groups in total. The summed E-state index contributed by atoms with van der Waals surface area (Å²) in [5.74, 6) is 0.